The number of allylic oxidation sites excluding steroid dienone is 1. The fourth-order valence-electron chi connectivity index (χ4n) is 3.64. The molecule has 1 unspecified atom stereocenters. The number of aromatic nitrogens is 3. The largest absolute Gasteiger partial charge is 0.477 e. The van der Waals surface area contributed by atoms with Gasteiger partial charge in [0.05, 0.1) is 17.4 Å². The van der Waals surface area contributed by atoms with Crippen LogP contribution < -0.4 is 21.4 Å². The number of amides is 3. The van der Waals surface area contributed by atoms with E-state index in [0.717, 1.165) is 11.5 Å². The zero-order chi connectivity index (χ0) is 28.1. The number of hydrogen-bond donors (Lipinski definition) is 4. The van der Waals surface area contributed by atoms with Gasteiger partial charge in [0.15, 0.2) is 30.7 Å². The van der Waals surface area contributed by atoms with Crippen molar-refractivity contribution >= 4 is 57.8 Å². The van der Waals surface area contributed by atoms with E-state index in [-0.39, 0.29) is 53.4 Å². The van der Waals surface area contributed by atoms with Crippen LogP contribution in [-0.4, -0.2) is 66.1 Å². The van der Waals surface area contributed by atoms with Gasteiger partial charge < -0.3 is 26.7 Å². The fourth-order valence-corrected chi connectivity index (χ4v) is 5.49. The summed E-state index contributed by atoms with van der Waals surface area (Å²) in [6.45, 7) is 0.0651. The van der Waals surface area contributed by atoms with Gasteiger partial charge in [-0.25, -0.2) is 9.36 Å². The molecule has 3 amide bonds. The number of thioether (sulfide) groups is 1. The number of nitrogens with zero attached hydrogens (tertiary/aromatic N) is 5. The minimum Gasteiger partial charge on any atom is -0.477 e. The predicted molar refractivity (Wildman–Crippen MR) is 139 cm³/mol. The molecular formula is C23H21N8O6S2+. The third-order valence-corrected chi connectivity index (χ3v) is 7.30. The highest BCUT2D eigenvalue weighted by Crippen LogP contribution is 2.43. The number of aliphatic carboxylic acids is 1. The van der Waals surface area contributed by atoms with Crippen molar-refractivity contribution in [3.8, 4) is 12.3 Å². The Hall–Kier alpha value is -4.75. The van der Waals surface area contributed by atoms with Gasteiger partial charge in [-0.1, -0.05) is 17.2 Å². The van der Waals surface area contributed by atoms with E-state index < -0.39 is 28.5 Å². The maximum Gasteiger partial charge on any atom is 0.353 e. The van der Waals surface area contributed by atoms with E-state index in [1.807, 2.05) is 0 Å². The van der Waals surface area contributed by atoms with Crippen LogP contribution >= 0.6 is 23.3 Å². The van der Waals surface area contributed by atoms with Crippen molar-refractivity contribution < 1.29 is 33.7 Å². The third-order valence-electron chi connectivity index (χ3n) is 5.42. The van der Waals surface area contributed by atoms with Gasteiger partial charge in [-0.2, -0.15) is 9.36 Å². The first-order valence-corrected chi connectivity index (χ1v) is 12.9. The first-order valence-electron chi connectivity index (χ1n) is 11.1. The molecule has 2 atom stereocenters. The molecule has 1 fully saturated rings. The fraction of sp³-hybridized carbons (Fsp3) is 0.217. The molecule has 0 aliphatic carbocycles. The number of nitrogen functional groups attached to an aromatic ring is 1. The van der Waals surface area contributed by atoms with Gasteiger partial charge in [-0.15, -0.1) is 18.2 Å². The molecule has 0 aromatic carbocycles. The Morgan fingerprint density at radius 3 is 2.72 bits per heavy atom. The first kappa shape index (κ1) is 27.3. The number of carboxylic acids is 1. The summed E-state index contributed by atoms with van der Waals surface area (Å²) in [6, 6.07) is 3.09. The molecule has 0 spiro atoms. The predicted octanol–water partition coefficient (Wildman–Crippen LogP) is -0.797. The molecule has 2 aliphatic rings. The van der Waals surface area contributed by atoms with Crippen LogP contribution in [0.5, 0.6) is 0 Å². The quantitative estimate of drug-likeness (QED) is 0.0700. The molecule has 0 bridgehead atoms. The van der Waals surface area contributed by atoms with E-state index in [4.69, 9.17) is 22.7 Å². The van der Waals surface area contributed by atoms with Gasteiger partial charge in [0.1, 0.15) is 11.1 Å². The zero-order valence-electron chi connectivity index (χ0n) is 20.0. The maximum atomic E-state index is 13.3. The van der Waals surface area contributed by atoms with Crippen LogP contribution in [-0.2, 0) is 25.8 Å². The number of oxime groups is 1. The standard InChI is InChI=1S/C23H20N8O6S2/c1-2-10-37-28-16(19-26-23(25)39-29-19)20(34)27-21-13(17(22(35)36)31-14(32)11-15(31)38-21)4-3-7-30-8-5-12(6-9-30)18(24)33/h1,3-6,8-9,15,21H,7,10-11H2,(H5-,24,25,26,27,29,33,34,35,36)/p+1/t15-,21?/m1/s1. The van der Waals surface area contributed by atoms with Gasteiger partial charge >= 0.3 is 5.97 Å². The number of fused-ring (bicyclic) bond motifs is 1. The highest BCUT2D eigenvalue weighted by Gasteiger charge is 2.48. The SMILES string of the molecule is C#CCON=C(C(=O)NC1S[C@@H]2CC(=O)N2C(C(=O)O)=C1C=CC[n+]1ccc(C(N)=O)cc1)c1nsc(N)n1. The second-order valence-electron chi connectivity index (χ2n) is 7.95. The Bertz CT molecular complexity index is 1460. The number of carbonyl (C=O) groups excluding carboxylic acids is 3. The van der Waals surface area contributed by atoms with Crippen LogP contribution in [0.1, 0.15) is 22.6 Å². The topological polar surface area (TPSA) is 207 Å². The number of nitrogens with two attached hydrogens (primary N) is 2. The van der Waals surface area contributed by atoms with Crippen molar-refractivity contribution in [1.82, 2.24) is 19.6 Å². The average molecular weight is 570 g/mol. The highest BCUT2D eigenvalue weighted by atomic mass is 32.2. The second kappa shape index (κ2) is 11.8. The summed E-state index contributed by atoms with van der Waals surface area (Å²) in [5, 5.41) is 15.2. The van der Waals surface area contributed by atoms with E-state index in [0.29, 0.717) is 5.56 Å². The Kier molecular flexibility index (Phi) is 8.22. The van der Waals surface area contributed by atoms with Crippen LogP contribution in [0.4, 0.5) is 5.13 Å². The van der Waals surface area contributed by atoms with Crippen molar-refractivity contribution in [3.05, 3.63) is 59.3 Å². The molecular weight excluding hydrogens is 548 g/mol. The number of nitrogens with one attached hydrogen (secondary N) is 1. The van der Waals surface area contributed by atoms with Crippen LogP contribution in [0.2, 0.25) is 0 Å². The lowest BCUT2D eigenvalue weighted by Gasteiger charge is -2.46. The minimum atomic E-state index is -1.33. The smallest absolute Gasteiger partial charge is 0.353 e. The molecule has 4 rings (SSSR count). The van der Waals surface area contributed by atoms with Gasteiger partial charge in [0.2, 0.25) is 23.4 Å². The van der Waals surface area contributed by atoms with Crippen LogP contribution in [0.3, 0.4) is 0 Å². The van der Waals surface area contributed by atoms with E-state index in [1.165, 1.54) is 22.7 Å². The molecule has 6 N–H and O–H groups in total. The molecule has 0 saturated carbocycles. The normalized spacial score (nSPS) is 18.8. The summed E-state index contributed by atoms with van der Waals surface area (Å²) in [4.78, 5) is 59.2. The van der Waals surface area contributed by atoms with Crippen molar-refractivity contribution in [2.45, 2.75) is 23.7 Å². The number of carboxylic acid groups (broad SMARTS) is 1. The number of β-lactam (4-membered cyclic amide) rings is 1. The summed E-state index contributed by atoms with van der Waals surface area (Å²) in [5.74, 6) is -0.880. The van der Waals surface area contributed by atoms with Gasteiger partial charge in [-0.05, 0) is 6.08 Å². The lowest BCUT2D eigenvalue weighted by molar-refractivity contribution is -0.687. The Balaban J connectivity index is 1.63. The molecule has 16 heteroatoms. The summed E-state index contributed by atoms with van der Waals surface area (Å²) >= 11 is 2.04. The van der Waals surface area contributed by atoms with E-state index in [9.17, 15) is 24.3 Å². The van der Waals surface area contributed by atoms with Crippen LogP contribution in [0, 0.1) is 12.3 Å². The van der Waals surface area contributed by atoms with Crippen molar-refractivity contribution in [1.29, 1.82) is 0 Å². The minimum absolute atomic E-state index is 0.0937. The average Bonchev–Trinajstić information content (AvgIpc) is 3.32. The summed E-state index contributed by atoms with van der Waals surface area (Å²) in [7, 11) is 0. The molecule has 39 heavy (non-hydrogen) atoms. The third kappa shape index (κ3) is 6.05. The number of terminal acetylenes is 1. The van der Waals surface area contributed by atoms with Gasteiger partial charge in [0.25, 0.3) is 5.91 Å². The number of primary amides is 1. The van der Waals surface area contributed by atoms with E-state index in [1.54, 1.807) is 35.2 Å². The van der Waals surface area contributed by atoms with E-state index >= 15 is 0 Å². The number of carbonyl (C=O) groups is 4. The summed E-state index contributed by atoms with van der Waals surface area (Å²) in [6.07, 6.45) is 11.7. The second-order valence-corrected chi connectivity index (χ2v) is 10.0. The molecule has 2 aromatic heterocycles. The number of hydrogen-bond acceptors (Lipinski definition) is 11. The van der Waals surface area contributed by atoms with E-state index in [2.05, 4.69) is 25.8 Å². The molecule has 4 heterocycles. The Morgan fingerprint density at radius 1 is 1.38 bits per heavy atom. The molecule has 1 saturated heterocycles. The highest BCUT2D eigenvalue weighted by molar-refractivity contribution is 8.00. The number of pyridine rings is 1. The monoisotopic (exact) mass is 569 g/mol. The molecule has 2 aliphatic heterocycles. The van der Waals surface area contributed by atoms with Crippen molar-refractivity contribution in [3.63, 3.8) is 0 Å². The molecule has 2 aromatic rings. The molecule has 0 radical (unpaired) electrons. The maximum absolute atomic E-state index is 13.3. The Labute approximate surface area is 229 Å². The van der Waals surface area contributed by atoms with Crippen molar-refractivity contribution in [2.75, 3.05) is 12.3 Å². The lowest BCUT2D eigenvalue weighted by Crippen LogP contribution is -2.57. The number of rotatable bonds is 10. The molecule has 14 nitrogen and oxygen atoms in total. The molecule has 200 valence electrons. The van der Waals surface area contributed by atoms with Crippen LogP contribution in [0.25, 0.3) is 0 Å². The zero-order valence-corrected chi connectivity index (χ0v) is 21.6. The van der Waals surface area contributed by atoms with Crippen LogP contribution in [0.15, 0.2) is 53.1 Å². The summed E-state index contributed by atoms with van der Waals surface area (Å²) < 4.78 is 5.71. The first-order chi connectivity index (χ1) is 18.7. The lowest BCUT2D eigenvalue weighted by atomic mass is 10.1. The summed E-state index contributed by atoms with van der Waals surface area (Å²) in [5.41, 5.74) is 10.9. The Morgan fingerprint density at radius 2 is 2.13 bits per heavy atom. The van der Waals surface area contributed by atoms with Gasteiger partial charge in [0, 0.05) is 29.2 Å². The van der Waals surface area contributed by atoms with Crippen molar-refractivity contribution in [2.24, 2.45) is 10.9 Å². The number of anilines is 1. The van der Waals surface area contributed by atoms with Gasteiger partial charge in [-0.3, -0.25) is 19.3 Å².